The van der Waals surface area contributed by atoms with Crippen LogP contribution in [0.15, 0.2) is 30.3 Å². The number of amides is 5. The molecule has 0 saturated heterocycles. The molecule has 1 aromatic carbocycles. The quantitative estimate of drug-likeness (QED) is 0.0793. The van der Waals surface area contributed by atoms with Gasteiger partial charge in [0.1, 0.15) is 24.3 Å². The van der Waals surface area contributed by atoms with Crippen LogP contribution in [0, 0.1) is 17.8 Å². The molecule has 0 bridgehead atoms. The van der Waals surface area contributed by atoms with Gasteiger partial charge in [-0.1, -0.05) is 96.6 Å². The molecule has 1 aliphatic carbocycles. The average molecular weight is 760 g/mol. The first kappa shape index (κ1) is 46.3. The second-order valence-corrected chi connectivity index (χ2v) is 16.1. The standard InChI is InChI=1S/C41H69N5O8/c1-8-9-23-42-36(48)29(4)25-34(47)33(26-30-18-12-10-13-19-30)44-38(50)35(28(2)3)46-37(49)32(45-40(52)54-41(5,6)7)22-16-17-24-43-39(51)53-27-31-20-14-11-15-21-31/h11,14-15,20-21,28-30,32-35,47H,8-10,12-13,16-19,22-27H2,1-7H3,(H,42,48)(H,43,51)(H,44,50)(H,45,52)(H,46,49)/t29-,32+,33+,34+,35+/m1/s1. The fraction of sp³-hybridized carbons (Fsp3) is 0.732. The number of aliphatic hydroxyl groups is 1. The Morgan fingerprint density at radius 3 is 2.11 bits per heavy atom. The summed E-state index contributed by atoms with van der Waals surface area (Å²) in [6, 6.07) is 6.75. The maximum absolute atomic E-state index is 13.9. The van der Waals surface area contributed by atoms with Crippen molar-refractivity contribution in [2.24, 2.45) is 17.8 Å². The van der Waals surface area contributed by atoms with Crippen LogP contribution in [0.3, 0.4) is 0 Å². The van der Waals surface area contributed by atoms with Gasteiger partial charge in [-0.25, -0.2) is 9.59 Å². The smallest absolute Gasteiger partial charge is 0.408 e. The summed E-state index contributed by atoms with van der Waals surface area (Å²) in [7, 11) is 0. The minimum Gasteiger partial charge on any atom is -0.445 e. The highest BCUT2D eigenvalue weighted by Crippen LogP contribution is 2.29. The molecule has 5 amide bonds. The van der Waals surface area contributed by atoms with Gasteiger partial charge in [0.2, 0.25) is 17.7 Å². The largest absolute Gasteiger partial charge is 0.445 e. The minimum atomic E-state index is -1.02. The summed E-state index contributed by atoms with van der Waals surface area (Å²) in [6.45, 7) is 13.7. The van der Waals surface area contributed by atoms with Gasteiger partial charge in [-0.3, -0.25) is 14.4 Å². The second-order valence-electron chi connectivity index (χ2n) is 16.1. The van der Waals surface area contributed by atoms with Crippen molar-refractivity contribution in [3.05, 3.63) is 35.9 Å². The highest BCUT2D eigenvalue weighted by Gasteiger charge is 2.34. The molecule has 0 radical (unpaired) electrons. The number of alkyl carbamates (subject to hydrolysis) is 2. The minimum absolute atomic E-state index is 0.125. The molecule has 54 heavy (non-hydrogen) atoms. The monoisotopic (exact) mass is 760 g/mol. The van der Waals surface area contributed by atoms with Crippen molar-refractivity contribution in [3.63, 3.8) is 0 Å². The zero-order chi connectivity index (χ0) is 40.1. The summed E-state index contributed by atoms with van der Waals surface area (Å²) in [5.74, 6) is -1.54. The third-order valence-electron chi connectivity index (χ3n) is 9.63. The first-order valence-electron chi connectivity index (χ1n) is 20.1. The molecule has 1 aliphatic rings. The highest BCUT2D eigenvalue weighted by atomic mass is 16.6. The van der Waals surface area contributed by atoms with Crippen molar-refractivity contribution in [2.45, 2.75) is 162 Å². The molecule has 0 heterocycles. The van der Waals surface area contributed by atoms with E-state index in [4.69, 9.17) is 9.47 Å². The molecular weight excluding hydrogens is 690 g/mol. The number of hydrogen-bond acceptors (Lipinski definition) is 8. The highest BCUT2D eigenvalue weighted by molar-refractivity contribution is 5.91. The first-order chi connectivity index (χ1) is 25.6. The van der Waals surface area contributed by atoms with Crippen LogP contribution < -0.4 is 26.6 Å². The number of nitrogens with one attached hydrogen (secondary N) is 5. The summed E-state index contributed by atoms with van der Waals surface area (Å²) < 4.78 is 10.7. The Balaban J connectivity index is 2.08. The van der Waals surface area contributed by atoms with Crippen molar-refractivity contribution in [2.75, 3.05) is 13.1 Å². The van der Waals surface area contributed by atoms with Crippen LogP contribution in [0.4, 0.5) is 9.59 Å². The molecule has 1 saturated carbocycles. The predicted molar refractivity (Wildman–Crippen MR) is 209 cm³/mol. The lowest BCUT2D eigenvalue weighted by molar-refractivity contribution is -0.132. The Labute approximate surface area is 323 Å². The fourth-order valence-corrected chi connectivity index (χ4v) is 6.51. The van der Waals surface area contributed by atoms with E-state index in [0.29, 0.717) is 38.3 Å². The first-order valence-corrected chi connectivity index (χ1v) is 20.1. The van der Waals surface area contributed by atoms with Gasteiger partial charge in [0.15, 0.2) is 0 Å². The van der Waals surface area contributed by atoms with E-state index in [9.17, 15) is 29.1 Å². The number of ether oxygens (including phenoxy) is 2. The molecule has 0 aromatic heterocycles. The maximum atomic E-state index is 13.9. The molecule has 5 atom stereocenters. The Morgan fingerprint density at radius 2 is 1.48 bits per heavy atom. The third-order valence-corrected chi connectivity index (χ3v) is 9.63. The van der Waals surface area contributed by atoms with E-state index in [2.05, 4.69) is 33.5 Å². The average Bonchev–Trinajstić information content (AvgIpc) is 3.11. The molecule has 6 N–H and O–H groups in total. The number of aliphatic hydroxyl groups excluding tert-OH is 1. The van der Waals surface area contributed by atoms with Crippen molar-refractivity contribution >= 4 is 29.9 Å². The zero-order valence-corrected chi connectivity index (χ0v) is 33.8. The third kappa shape index (κ3) is 18.9. The molecule has 1 aromatic rings. The normalized spacial score (nSPS) is 16.2. The van der Waals surface area contributed by atoms with E-state index < -0.39 is 59.7 Å². The van der Waals surface area contributed by atoms with Gasteiger partial charge in [0, 0.05) is 19.0 Å². The summed E-state index contributed by atoms with van der Waals surface area (Å²) >= 11 is 0. The van der Waals surface area contributed by atoms with Gasteiger partial charge >= 0.3 is 12.2 Å². The van der Waals surface area contributed by atoms with E-state index in [1.165, 1.54) is 6.42 Å². The van der Waals surface area contributed by atoms with Gasteiger partial charge in [0.05, 0.1) is 12.1 Å². The van der Waals surface area contributed by atoms with Crippen molar-refractivity contribution in [1.82, 2.24) is 26.6 Å². The van der Waals surface area contributed by atoms with Crippen molar-refractivity contribution < 1.29 is 38.6 Å². The second kappa shape index (κ2) is 24.5. The summed E-state index contributed by atoms with van der Waals surface area (Å²) in [4.78, 5) is 65.4. The molecular formula is C41H69N5O8. The predicted octanol–water partition coefficient (Wildman–Crippen LogP) is 5.88. The Bertz CT molecular complexity index is 1280. The van der Waals surface area contributed by atoms with Gasteiger partial charge in [-0.2, -0.15) is 0 Å². The topological polar surface area (TPSA) is 184 Å². The van der Waals surface area contributed by atoms with Crippen molar-refractivity contribution in [3.8, 4) is 0 Å². The van der Waals surface area contributed by atoms with E-state index in [1.54, 1.807) is 27.7 Å². The maximum Gasteiger partial charge on any atom is 0.408 e. The van der Waals surface area contributed by atoms with Crippen LogP contribution in [-0.2, 0) is 30.5 Å². The van der Waals surface area contributed by atoms with E-state index >= 15 is 0 Å². The molecule has 13 nitrogen and oxygen atoms in total. The molecule has 0 aliphatic heterocycles. The molecule has 2 rings (SSSR count). The van der Waals surface area contributed by atoms with Gasteiger partial charge in [-0.05, 0) is 76.7 Å². The number of benzene rings is 1. The molecule has 0 unspecified atom stereocenters. The van der Waals surface area contributed by atoms with Crippen LogP contribution >= 0.6 is 0 Å². The van der Waals surface area contributed by atoms with Gasteiger partial charge in [0.25, 0.3) is 0 Å². The summed E-state index contributed by atoms with van der Waals surface area (Å²) in [6.07, 6.45) is 6.91. The van der Waals surface area contributed by atoms with Crippen LogP contribution in [0.5, 0.6) is 0 Å². The number of unbranched alkanes of at least 4 members (excludes halogenated alkanes) is 2. The van der Waals surface area contributed by atoms with Crippen LogP contribution in [-0.4, -0.2) is 77.9 Å². The van der Waals surface area contributed by atoms with E-state index in [0.717, 1.165) is 44.1 Å². The Hall–Kier alpha value is -3.87. The van der Waals surface area contributed by atoms with E-state index in [-0.39, 0.29) is 31.3 Å². The SMILES string of the molecule is CCCCNC(=O)[C@H](C)C[C@H](O)[C@H](CC1CCCCC1)NC(=O)[C@@H](NC(=O)[C@H](CCCCNC(=O)OCc1ccccc1)NC(=O)OC(C)(C)C)C(C)C. The van der Waals surface area contributed by atoms with Gasteiger partial charge in [-0.15, -0.1) is 0 Å². The molecule has 13 heteroatoms. The van der Waals surface area contributed by atoms with Crippen molar-refractivity contribution in [1.29, 1.82) is 0 Å². The number of carbonyl (C=O) groups is 5. The van der Waals surface area contributed by atoms with Crippen LogP contribution in [0.2, 0.25) is 0 Å². The lowest BCUT2D eigenvalue weighted by atomic mass is 9.82. The Kier molecular flexibility index (Phi) is 21.0. The van der Waals surface area contributed by atoms with Crippen LogP contribution in [0.1, 0.15) is 131 Å². The molecule has 0 spiro atoms. The van der Waals surface area contributed by atoms with Crippen LogP contribution in [0.25, 0.3) is 0 Å². The zero-order valence-electron chi connectivity index (χ0n) is 33.8. The lowest BCUT2D eigenvalue weighted by Crippen LogP contribution is -2.58. The number of hydrogen-bond donors (Lipinski definition) is 6. The number of rotatable bonds is 22. The van der Waals surface area contributed by atoms with E-state index in [1.807, 2.05) is 44.2 Å². The lowest BCUT2D eigenvalue weighted by Gasteiger charge is -2.33. The Morgan fingerprint density at radius 1 is 0.815 bits per heavy atom. The van der Waals surface area contributed by atoms with Gasteiger partial charge < -0.3 is 41.2 Å². The fourth-order valence-electron chi connectivity index (χ4n) is 6.51. The summed E-state index contributed by atoms with van der Waals surface area (Å²) in [5.41, 5.74) is 0.0768. The number of carbonyl (C=O) groups excluding carboxylic acids is 5. The molecule has 306 valence electrons. The molecule has 1 fully saturated rings. The summed E-state index contributed by atoms with van der Waals surface area (Å²) in [5, 5.41) is 25.6.